The van der Waals surface area contributed by atoms with Gasteiger partial charge in [-0.1, -0.05) is 71.9 Å². The van der Waals surface area contributed by atoms with E-state index >= 15 is 0 Å². The number of nitrogens with zero attached hydrogens (tertiary/aromatic N) is 3. The highest BCUT2D eigenvalue weighted by Gasteiger charge is 2.09. The zero-order chi connectivity index (χ0) is 19.9. The monoisotopic (exact) mass is 386 g/mol. The Labute approximate surface area is 169 Å². The second-order valence-corrected chi connectivity index (χ2v) is 6.76. The number of amides is 1. The van der Waals surface area contributed by atoms with E-state index in [4.69, 9.17) is 4.74 Å². The molecule has 0 saturated heterocycles. The number of rotatable bonds is 8. The third-order valence-electron chi connectivity index (χ3n) is 4.68. The molecule has 1 amide bonds. The number of aromatic nitrogens is 3. The summed E-state index contributed by atoms with van der Waals surface area (Å²) in [6.45, 7) is 1.62. The van der Waals surface area contributed by atoms with Crippen molar-refractivity contribution in [1.82, 2.24) is 20.3 Å². The van der Waals surface area contributed by atoms with Crippen molar-refractivity contribution in [2.45, 2.75) is 26.3 Å². The van der Waals surface area contributed by atoms with E-state index in [0.29, 0.717) is 19.8 Å². The molecule has 0 atom stereocenters. The van der Waals surface area contributed by atoms with Crippen LogP contribution in [-0.2, 0) is 35.8 Å². The van der Waals surface area contributed by atoms with Gasteiger partial charge in [-0.15, -0.1) is 5.10 Å². The fourth-order valence-corrected chi connectivity index (χ4v) is 3.14. The molecule has 3 aromatic carbocycles. The minimum atomic E-state index is -0.110. The third kappa shape index (κ3) is 4.86. The first kappa shape index (κ1) is 18.8. The molecule has 1 aromatic heterocycles. The second-order valence-electron chi connectivity index (χ2n) is 6.76. The molecule has 0 radical (unpaired) electrons. The topological polar surface area (TPSA) is 69.0 Å². The van der Waals surface area contributed by atoms with Crippen molar-refractivity contribution < 1.29 is 9.53 Å². The van der Waals surface area contributed by atoms with Gasteiger partial charge in [0.2, 0.25) is 5.91 Å². The van der Waals surface area contributed by atoms with Crippen LogP contribution in [0.15, 0.2) is 78.9 Å². The van der Waals surface area contributed by atoms with Gasteiger partial charge >= 0.3 is 0 Å². The van der Waals surface area contributed by atoms with Gasteiger partial charge in [-0.3, -0.25) is 4.79 Å². The SMILES string of the molecule is O=C(Cn1nnc2ccccc21)NCc1ccccc1COCc1ccccc1. The van der Waals surface area contributed by atoms with Gasteiger partial charge in [0.1, 0.15) is 12.1 Å². The number of carbonyl (C=O) groups excluding carboxylic acids is 1. The van der Waals surface area contributed by atoms with Gasteiger partial charge in [-0.05, 0) is 28.8 Å². The number of benzene rings is 3. The van der Waals surface area contributed by atoms with Crippen LogP contribution in [-0.4, -0.2) is 20.9 Å². The van der Waals surface area contributed by atoms with Gasteiger partial charge in [-0.2, -0.15) is 0 Å². The number of ether oxygens (including phenoxy) is 1. The van der Waals surface area contributed by atoms with E-state index in [1.165, 1.54) is 0 Å². The lowest BCUT2D eigenvalue weighted by molar-refractivity contribution is -0.122. The van der Waals surface area contributed by atoms with Crippen LogP contribution in [0.5, 0.6) is 0 Å². The molecule has 0 aliphatic heterocycles. The Morgan fingerprint density at radius 2 is 1.59 bits per heavy atom. The fourth-order valence-electron chi connectivity index (χ4n) is 3.14. The molecule has 0 bridgehead atoms. The van der Waals surface area contributed by atoms with E-state index in [9.17, 15) is 4.79 Å². The van der Waals surface area contributed by atoms with Gasteiger partial charge in [0.25, 0.3) is 0 Å². The number of carbonyl (C=O) groups is 1. The maximum absolute atomic E-state index is 12.4. The normalized spacial score (nSPS) is 10.9. The summed E-state index contributed by atoms with van der Waals surface area (Å²) in [6, 6.07) is 25.6. The predicted octanol–water partition coefficient (Wildman–Crippen LogP) is 3.46. The summed E-state index contributed by atoms with van der Waals surface area (Å²) >= 11 is 0. The molecule has 6 nitrogen and oxygen atoms in total. The summed E-state index contributed by atoms with van der Waals surface area (Å²) in [7, 11) is 0. The van der Waals surface area contributed by atoms with Crippen molar-refractivity contribution in [3.8, 4) is 0 Å². The Balaban J connectivity index is 1.33. The number of nitrogens with one attached hydrogen (secondary N) is 1. The molecule has 1 N–H and O–H groups in total. The van der Waals surface area contributed by atoms with Crippen LogP contribution in [0.1, 0.15) is 16.7 Å². The van der Waals surface area contributed by atoms with Gasteiger partial charge < -0.3 is 10.1 Å². The lowest BCUT2D eigenvalue weighted by Crippen LogP contribution is -2.28. The third-order valence-corrected chi connectivity index (χ3v) is 4.68. The van der Waals surface area contributed by atoms with Crippen LogP contribution < -0.4 is 5.32 Å². The Kier molecular flexibility index (Phi) is 5.92. The van der Waals surface area contributed by atoms with E-state index in [1.54, 1.807) is 4.68 Å². The Hall–Kier alpha value is -3.51. The van der Waals surface area contributed by atoms with E-state index in [1.807, 2.05) is 78.9 Å². The zero-order valence-electron chi connectivity index (χ0n) is 16.0. The summed E-state index contributed by atoms with van der Waals surface area (Å²) in [6.07, 6.45) is 0. The zero-order valence-corrected chi connectivity index (χ0v) is 16.0. The van der Waals surface area contributed by atoms with Crippen LogP contribution in [0.25, 0.3) is 11.0 Å². The summed E-state index contributed by atoms with van der Waals surface area (Å²) < 4.78 is 7.46. The molecular weight excluding hydrogens is 364 g/mol. The maximum atomic E-state index is 12.4. The van der Waals surface area contributed by atoms with Gasteiger partial charge in [-0.25, -0.2) is 4.68 Å². The Bertz CT molecular complexity index is 1090. The first-order valence-corrected chi connectivity index (χ1v) is 9.53. The molecule has 0 spiro atoms. The number of hydrogen-bond acceptors (Lipinski definition) is 4. The molecular formula is C23H22N4O2. The van der Waals surface area contributed by atoms with E-state index in [0.717, 1.165) is 27.7 Å². The molecule has 4 rings (SSSR count). The number of hydrogen-bond donors (Lipinski definition) is 1. The van der Waals surface area contributed by atoms with Crippen molar-refractivity contribution >= 4 is 16.9 Å². The molecule has 1 heterocycles. The molecule has 29 heavy (non-hydrogen) atoms. The quantitative estimate of drug-likeness (QED) is 0.503. The molecule has 0 fully saturated rings. The number of para-hydroxylation sites is 1. The first-order chi connectivity index (χ1) is 14.3. The van der Waals surface area contributed by atoms with E-state index in [2.05, 4.69) is 15.6 Å². The van der Waals surface area contributed by atoms with Crippen LogP contribution in [0.2, 0.25) is 0 Å². The van der Waals surface area contributed by atoms with Gasteiger partial charge in [0.15, 0.2) is 0 Å². The smallest absolute Gasteiger partial charge is 0.242 e. The van der Waals surface area contributed by atoms with Crippen molar-refractivity contribution in [2.75, 3.05) is 0 Å². The maximum Gasteiger partial charge on any atom is 0.242 e. The molecule has 0 aliphatic rings. The van der Waals surface area contributed by atoms with Crippen molar-refractivity contribution in [3.05, 3.63) is 95.6 Å². The summed E-state index contributed by atoms with van der Waals surface area (Å²) in [5, 5.41) is 11.1. The van der Waals surface area contributed by atoms with Crippen LogP contribution in [0.4, 0.5) is 0 Å². The van der Waals surface area contributed by atoms with Crippen molar-refractivity contribution in [3.63, 3.8) is 0 Å². The summed E-state index contributed by atoms with van der Waals surface area (Å²) in [5.74, 6) is -0.110. The average molecular weight is 386 g/mol. The summed E-state index contributed by atoms with van der Waals surface area (Å²) in [5.41, 5.74) is 4.87. The molecule has 0 saturated carbocycles. The average Bonchev–Trinajstić information content (AvgIpc) is 3.17. The van der Waals surface area contributed by atoms with Crippen molar-refractivity contribution in [2.24, 2.45) is 0 Å². The largest absolute Gasteiger partial charge is 0.372 e. The molecule has 6 heteroatoms. The Morgan fingerprint density at radius 1 is 0.862 bits per heavy atom. The van der Waals surface area contributed by atoms with Gasteiger partial charge in [0.05, 0.1) is 18.7 Å². The molecule has 146 valence electrons. The lowest BCUT2D eigenvalue weighted by Gasteiger charge is -2.11. The minimum Gasteiger partial charge on any atom is -0.372 e. The van der Waals surface area contributed by atoms with E-state index in [-0.39, 0.29) is 12.5 Å². The molecule has 0 aliphatic carbocycles. The van der Waals surface area contributed by atoms with Crippen LogP contribution in [0.3, 0.4) is 0 Å². The first-order valence-electron chi connectivity index (χ1n) is 9.53. The van der Waals surface area contributed by atoms with Gasteiger partial charge in [0, 0.05) is 6.54 Å². The molecule has 4 aromatic rings. The minimum absolute atomic E-state index is 0.110. The summed E-state index contributed by atoms with van der Waals surface area (Å²) in [4.78, 5) is 12.4. The Morgan fingerprint density at radius 3 is 2.45 bits per heavy atom. The highest BCUT2D eigenvalue weighted by Crippen LogP contribution is 2.12. The van der Waals surface area contributed by atoms with Crippen LogP contribution >= 0.6 is 0 Å². The highest BCUT2D eigenvalue weighted by molar-refractivity contribution is 5.79. The van der Waals surface area contributed by atoms with Crippen LogP contribution in [0, 0.1) is 0 Å². The lowest BCUT2D eigenvalue weighted by atomic mass is 10.1. The highest BCUT2D eigenvalue weighted by atomic mass is 16.5. The molecule has 0 unspecified atom stereocenters. The predicted molar refractivity (Wildman–Crippen MR) is 111 cm³/mol. The number of fused-ring (bicyclic) bond motifs is 1. The standard InChI is InChI=1S/C23H22N4O2/c28-23(15-27-22-13-7-6-12-21(22)25-26-27)24-14-19-10-4-5-11-20(19)17-29-16-18-8-2-1-3-9-18/h1-13H,14-17H2,(H,24,28). The second kappa shape index (κ2) is 9.12. The fraction of sp³-hybridized carbons (Fsp3) is 0.174. The van der Waals surface area contributed by atoms with E-state index < -0.39 is 0 Å². The van der Waals surface area contributed by atoms with Crippen molar-refractivity contribution in [1.29, 1.82) is 0 Å².